The van der Waals surface area contributed by atoms with Crippen LogP contribution in [0.3, 0.4) is 0 Å². The highest BCUT2D eigenvalue weighted by atomic mass is 79.9. The smallest absolute Gasteiger partial charge is 0.329 e. The number of thioether (sulfide) groups is 1. The lowest BCUT2D eigenvalue weighted by Gasteiger charge is -2.35. The Kier molecular flexibility index (Phi) is 5.59. The average Bonchev–Trinajstić information content (AvgIpc) is 3.22. The van der Waals surface area contributed by atoms with E-state index in [9.17, 15) is 14.4 Å². The van der Waals surface area contributed by atoms with Crippen molar-refractivity contribution in [3.63, 3.8) is 0 Å². The van der Waals surface area contributed by atoms with E-state index in [1.807, 2.05) is 18.2 Å². The molecule has 0 bridgehead atoms. The summed E-state index contributed by atoms with van der Waals surface area (Å²) in [7, 11) is 1.67. The molecule has 30 heavy (non-hydrogen) atoms. The molecule has 1 spiro atoms. The van der Waals surface area contributed by atoms with Gasteiger partial charge in [-0.1, -0.05) is 27.5 Å². The fraction of sp³-hybridized carbons (Fsp3) is 0.286. The molecule has 4 rings (SSSR count). The number of rotatable bonds is 3. The normalized spacial score (nSPS) is 22.5. The number of amides is 2. The minimum atomic E-state index is -1.35. The second-order valence-corrected chi connectivity index (χ2v) is 9.50. The van der Waals surface area contributed by atoms with Crippen molar-refractivity contribution in [3.8, 4) is 0 Å². The Hall–Kier alpha value is -2.03. The largest absolute Gasteiger partial charge is 0.464 e. The maximum atomic E-state index is 13.7. The van der Waals surface area contributed by atoms with Crippen LogP contribution in [0.2, 0.25) is 5.02 Å². The first kappa shape index (κ1) is 21.2. The third kappa shape index (κ3) is 3.13. The van der Waals surface area contributed by atoms with Crippen LogP contribution in [0.4, 0.5) is 5.69 Å². The number of hydrogen-bond acceptors (Lipinski definition) is 5. The van der Waals surface area contributed by atoms with E-state index < -0.39 is 22.8 Å². The van der Waals surface area contributed by atoms with Gasteiger partial charge in [-0.2, -0.15) is 0 Å². The molecule has 2 amide bonds. The molecule has 9 heteroatoms. The molecule has 2 atom stereocenters. The third-order valence-corrected chi connectivity index (χ3v) is 7.49. The Bertz CT molecular complexity index is 1050. The van der Waals surface area contributed by atoms with Crippen molar-refractivity contribution in [1.82, 2.24) is 4.90 Å². The van der Waals surface area contributed by atoms with Crippen LogP contribution in [0.5, 0.6) is 0 Å². The minimum absolute atomic E-state index is 0.186. The van der Waals surface area contributed by atoms with Crippen molar-refractivity contribution in [1.29, 1.82) is 0 Å². The fourth-order valence-corrected chi connectivity index (χ4v) is 5.99. The zero-order chi connectivity index (χ0) is 21.6. The molecule has 2 aliphatic heterocycles. The second-order valence-electron chi connectivity index (χ2n) is 6.93. The quantitative estimate of drug-likeness (QED) is 0.584. The van der Waals surface area contributed by atoms with Gasteiger partial charge in [0.1, 0.15) is 6.04 Å². The van der Waals surface area contributed by atoms with Crippen molar-refractivity contribution >= 4 is 62.8 Å². The molecule has 2 aromatic rings. The van der Waals surface area contributed by atoms with Crippen LogP contribution in [0, 0.1) is 0 Å². The molecule has 0 aromatic heterocycles. The van der Waals surface area contributed by atoms with E-state index in [1.165, 1.54) is 21.6 Å². The van der Waals surface area contributed by atoms with E-state index in [-0.39, 0.29) is 18.3 Å². The van der Waals surface area contributed by atoms with Crippen LogP contribution in [-0.4, -0.2) is 48.1 Å². The molecule has 0 N–H and O–H groups in total. The van der Waals surface area contributed by atoms with Crippen LogP contribution >= 0.6 is 39.3 Å². The van der Waals surface area contributed by atoms with E-state index in [0.29, 0.717) is 21.8 Å². The Balaban J connectivity index is 1.90. The fourth-order valence-electron chi connectivity index (χ4n) is 3.89. The first-order chi connectivity index (χ1) is 14.3. The summed E-state index contributed by atoms with van der Waals surface area (Å²) in [6.45, 7) is 1.90. The molecule has 0 unspecified atom stereocenters. The summed E-state index contributed by atoms with van der Waals surface area (Å²) in [5.41, 5.74) is 1.71. The lowest BCUT2D eigenvalue weighted by atomic mass is 10.0. The molecule has 156 valence electrons. The highest BCUT2D eigenvalue weighted by Gasteiger charge is 2.63. The molecule has 2 heterocycles. The topological polar surface area (TPSA) is 66.9 Å². The number of ether oxygens (including phenoxy) is 1. The molecule has 1 fully saturated rings. The van der Waals surface area contributed by atoms with E-state index in [1.54, 1.807) is 38.2 Å². The van der Waals surface area contributed by atoms with Gasteiger partial charge in [0.15, 0.2) is 4.87 Å². The van der Waals surface area contributed by atoms with Crippen LogP contribution in [0.15, 0.2) is 46.9 Å². The number of esters is 1. The van der Waals surface area contributed by atoms with Gasteiger partial charge in [-0.3, -0.25) is 14.5 Å². The van der Waals surface area contributed by atoms with Gasteiger partial charge in [0.25, 0.3) is 11.8 Å². The molecule has 2 aromatic carbocycles. The van der Waals surface area contributed by atoms with Gasteiger partial charge >= 0.3 is 5.97 Å². The Morgan fingerprint density at radius 2 is 1.97 bits per heavy atom. The van der Waals surface area contributed by atoms with E-state index >= 15 is 0 Å². The van der Waals surface area contributed by atoms with Crippen molar-refractivity contribution in [3.05, 3.63) is 63.1 Å². The van der Waals surface area contributed by atoms with Gasteiger partial charge < -0.3 is 9.64 Å². The highest BCUT2D eigenvalue weighted by Crippen LogP contribution is 2.56. The van der Waals surface area contributed by atoms with Crippen LogP contribution in [0.1, 0.15) is 22.8 Å². The highest BCUT2D eigenvalue weighted by molar-refractivity contribution is 9.10. The first-order valence-electron chi connectivity index (χ1n) is 9.29. The molecule has 6 nitrogen and oxygen atoms in total. The maximum Gasteiger partial charge on any atom is 0.329 e. The predicted octanol–water partition coefficient (Wildman–Crippen LogP) is 4.05. The number of hydrogen-bond donors (Lipinski definition) is 0. The van der Waals surface area contributed by atoms with Crippen molar-refractivity contribution in [2.24, 2.45) is 0 Å². The van der Waals surface area contributed by atoms with Crippen LogP contribution < -0.4 is 4.90 Å². The Morgan fingerprint density at radius 3 is 2.63 bits per heavy atom. The summed E-state index contributed by atoms with van der Waals surface area (Å²) in [4.78, 5) is 41.6. The minimum Gasteiger partial charge on any atom is -0.464 e. The average molecular weight is 510 g/mol. The number of likely N-dealkylation sites (N-methyl/N-ethyl adjacent to an activating group) is 1. The zero-order valence-electron chi connectivity index (χ0n) is 16.2. The first-order valence-corrected chi connectivity index (χ1v) is 11.4. The molecule has 1 saturated heterocycles. The Morgan fingerprint density at radius 1 is 1.27 bits per heavy atom. The summed E-state index contributed by atoms with van der Waals surface area (Å²) < 4.78 is 6.02. The Labute approximate surface area is 191 Å². The van der Waals surface area contributed by atoms with Gasteiger partial charge in [0, 0.05) is 33.4 Å². The van der Waals surface area contributed by atoms with Crippen LogP contribution in [0.25, 0.3) is 0 Å². The second kappa shape index (κ2) is 7.90. The van der Waals surface area contributed by atoms with E-state index in [0.717, 1.165) is 4.47 Å². The number of carbonyl (C=O) groups is 3. The number of halogens is 2. The standard InChI is InChI=1S/C21H18BrClN2O4S/c1-3-29-19(27)17-11-30-21(25(17)18(26)12-4-7-14(23)8-5-12)15-10-13(22)6-9-16(15)24(2)20(21)28/h4-10,17H,3,11H2,1-2H3/t17-,21-/m0/s1. The lowest BCUT2D eigenvalue weighted by molar-refractivity contribution is -0.148. The van der Waals surface area contributed by atoms with Gasteiger partial charge in [0.05, 0.1) is 12.3 Å². The SMILES string of the molecule is CCOC(=O)[C@@H]1CS[C@@]2(C(=O)N(C)c3ccc(Br)cc32)N1C(=O)c1ccc(Cl)cc1. The maximum absolute atomic E-state index is 13.7. The van der Waals surface area contributed by atoms with Gasteiger partial charge in [-0.05, 0) is 49.4 Å². The van der Waals surface area contributed by atoms with E-state index in [4.69, 9.17) is 16.3 Å². The molecule has 0 radical (unpaired) electrons. The molecule has 0 saturated carbocycles. The third-order valence-electron chi connectivity index (χ3n) is 5.25. The van der Waals surface area contributed by atoms with Gasteiger partial charge in [0.2, 0.25) is 0 Å². The van der Waals surface area contributed by atoms with E-state index in [2.05, 4.69) is 15.9 Å². The van der Waals surface area contributed by atoms with Crippen molar-refractivity contribution < 1.29 is 19.1 Å². The monoisotopic (exact) mass is 508 g/mol. The summed E-state index contributed by atoms with van der Waals surface area (Å²) >= 11 is 10.7. The summed E-state index contributed by atoms with van der Waals surface area (Å²) in [6.07, 6.45) is 0. The summed E-state index contributed by atoms with van der Waals surface area (Å²) in [6, 6.07) is 11.0. The number of carbonyl (C=O) groups excluding carboxylic acids is 3. The van der Waals surface area contributed by atoms with Crippen LogP contribution in [-0.2, 0) is 19.2 Å². The molecule has 2 aliphatic rings. The zero-order valence-corrected chi connectivity index (χ0v) is 19.4. The molecular formula is C21H18BrClN2O4S. The number of nitrogens with zero attached hydrogens (tertiary/aromatic N) is 2. The van der Waals surface area contributed by atoms with Crippen molar-refractivity contribution in [2.75, 3.05) is 24.3 Å². The lowest BCUT2D eigenvalue weighted by Crippen LogP contribution is -2.55. The summed E-state index contributed by atoms with van der Waals surface area (Å²) in [5, 5.41) is 0.491. The number of fused-ring (bicyclic) bond motifs is 2. The summed E-state index contributed by atoms with van der Waals surface area (Å²) in [5.74, 6) is -0.967. The molecular weight excluding hydrogens is 492 g/mol. The van der Waals surface area contributed by atoms with Crippen molar-refractivity contribution in [2.45, 2.75) is 17.8 Å². The van der Waals surface area contributed by atoms with Gasteiger partial charge in [-0.15, -0.1) is 11.8 Å². The number of benzene rings is 2. The predicted molar refractivity (Wildman–Crippen MR) is 120 cm³/mol. The molecule has 0 aliphatic carbocycles. The van der Waals surface area contributed by atoms with Gasteiger partial charge in [-0.25, -0.2) is 4.79 Å². The number of anilines is 1.